The lowest BCUT2D eigenvalue weighted by Crippen LogP contribution is -2.24. The van der Waals surface area contributed by atoms with E-state index in [1.165, 1.54) is 11.1 Å². The highest BCUT2D eigenvalue weighted by atomic mass is 16.5. The Labute approximate surface area is 129 Å². The number of aromatic nitrogens is 4. The van der Waals surface area contributed by atoms with Crippen molar-refractivity contribution >= 4 is 0 Å². The van der Waals surface area contributed by atoms with Gasteiger partial charge in [-0.15, -0.1) is 0 Å². The molecule has 0 radical (unpaired) electrons. The summed E-state index contributed by atoms with van der Waals surface area (Å²) >= 11 is 0. The van der Waals surface area contributed by atoms with Crippen LogP contribution in [0.4, 0.5) is 0 Å². The van der Waals surface area contributed by atoms with Gasteiger partial charge in [-0.25, -0.2) is 4.98 Å². The lowest BCUT2D eigenvalue weighted by Gasteiger charge is -2.33. The summed E-state index contributed by atoms with van der Waals surface area (Å²) in [5.74, 6) is 1.80. The minimum Gasteiger partial charge on any atom is -0.339 e. The molecular formula is C17H18N4O. The van der Waals surface area contributed by atoms with Crippen molar-refractivity contribution in [2.45, 2.75) is 38.6 Å². The quantitative estimate of drug-likeness (QED) is 0.739. The molecule has 5 heteroatoms. The topological polar surface area (TPSA) is 56.7 Å². The van der Waals surface area contributed by atoms with Gasteiger partial charge >= 0.3 is 0 Å². The van der Waals surface area contributed by atoms with E-state index in [4.69, 9.17) is 4.52 Å². The lowest BCUT2D eigenvalue weighted by molar-refractivity contribution is 0.214. The van der Waals surface area contributed by atoms with Crippen molar-refractivity contribution in [3.05, 3.63) is 53.9 Å². The Bertz CT molecular complexity index is 765. The van der Waals surface area contributed by atoms with Crippen molar-refractivity contribution in [2.24, 2.45) is 0 Å². The maximum atomic E-state index is 5.48. The Hall–Kier alpha value is -2.43. The van der Waals surface area contributed by atoms with Gasteiger partial charge in [0.2, 0.25) is 11.7 Å². The van der Waals surface area contributed by atoms with Gasteiger partial charge in [0.25, 0.3) is 0 Å². The molecule has 22 heavy (non-hydrogen) atoms. The third-order valence-corrected chi connectivity index (χ3v) is 4.33. The van der Waals surface area contributed by atoms with E-state index in [1.807, 2.05) is 18.7 Å². The molecule has 112 valence electrons. The highest BCUT2D eigenvalue weighted by Crippen LogP contribution is 2.44. The molecule has 1 fully saturated rings. The summed E-state index contributed by atoms with van der Waals surface area (Å²) in [6.07, 6.45) is 7.76. The third kappa shape index (κ3) is 2.32. The fourth-order valence-electron chi connectivity index (χ4n) is 3.14. The summed E-state index contributed by atoms with van der Waals surface area (Å²) in [5.41, 5.74) is 3.45. The summed E-state index contributed by atoms with van der Waals surface area (Å²) in [6.45, 7) is 4.16. The molecule has 1 saturated carbocycles. The Morgan fingerprint density at radius 3 is 2.59 bits per heavy atom. The minimum absolute atomic E-state index is 0.361. The molecule has 4 rings (SSSR count). The van der Waals surface area contributed by atoms with Crippen molar-refractivity contribution in [3.63, 3.8) is 0 Å². The highest BCUT2D eigenvalue weighted by molar-refractivity contribution is 5.57. The van der Waals surface area contributed by atoms with Crippen molar-refractivity contribution < 1.29 is 4.52 Å². The zero-order chi connectivity index (χ0) is 15.1. The largest absolute Gasteiger partial charge is 0.339 e. The van der Waals surface area contributed by atoms with Gasteiger partial charge in [-0.2, -0.15) is 4.98 Å². The van der Waals surface area contributed by atoms with Crippen LogP contribution in [0.2, 0.25) is 0 Å². The summed E-state index contributed by atoms with van der Waals surface area (Å²) in [6, 6.07) is 6.84. The van der Waals surface area contributed by atoms with Gasteiger partial charge in [0.15, 0.2) is 0 Å². The van der Waals surface area contributed by atoms with Crippen LogP contribution in [0.25, 0.3) is 11.4 Å². The normalized spacial score (nSPS) is 20.8. The number of hydrogen-bond acceptors (Lipinski definition) is 4. The number of hydrogen-bond donors (Lipinski definition) is 0. The van der Waals surface area contributed by atoms with Gasteiger partial charge in [0.05, 0.1) is 6.33 Å². The van der Waals surface area contributed by atoms with E-state index in [2.05, 4.69) is 51.7 Å². The van der Waals surface area contributed by atoms with Crippen molar-refractivity contribution in [3.8, 4) is 11.4 Å². The second-order valence-electron chi connectivity index (χ2n) is 6.16. The van der Waals surface area contributed by atoms with Crippen LogP contribution in [0.1, 0.15) is 41.8 Å². The first-order chi connectivity index (χ1) is 10.7. The molecule has 0 saturated heterocycles. The summed E-state index contributed by atoms with van der Waals surface area (Å²) in [4.78, 5) is 8.69. The predicted molar refractivity (Wildman–Crippen MR) is 82.4 cm³/mol. The first-order valence-corrected chi connectivity index (χ1v) is 7.59. The molecule has 1 aromatic carbocycles. The molecule has 2 aromatic heterocycles. The molecule has 0 amide bonds. The minimum atomic E-state index is 0.361. The van der Waals surface area contributed by atoms with Crippen LogP contribution in [0.15, 0.2) is 41.4 Å². The summed E-state index contributed by atoms with van der Waals surface area (Å²) < 4.78 is 7.63. The number of imidazole rings is 1. The third-order valence-electron chi connectivity index (χ3n) is 4.33. The van der Waals surface area contributed by atoms with E-state index in [0.29, 0.717) is 17.8 Å². The van der Waals surface area contributed by atoms with Crippen LogP contribution in [-0.2, 0) is 0 Å². The van der Waals surface area contributed by atoms with Crippen LogP contribution in [0.5, 0.6) is 0 Å². The molecule has 0 bridgehead atoms. The standard InChI is InChI=1S/C17H18N4O/c1-11-5-12(2)7-13(6-11)16-19-17(22-20-16)14-8-15(9-14)21-4-3-18-10-21/h3-7,10,14-15H,8-9H2,1-2H3. The number of benzene rings is 1. The smallest absolute Gasteiger partial charge is 0.230 e. The van der Waals surface area contributed by atoms with E-state index in [1.54, 1.807) is 0 Å². The summed E-state index contributed by atoms with van der Waals surface area (Å²) in [7, 11) is 0. The van der Waals surface area contributed by atoms with Crippen LogP contribution < -0.4 is 0 Å². The first-order valence-electron chi connectivity index (χ1n) is 7.59. The fraction of sp³-hybridized carbons (Fsp3) is 0.353. The second kappa shape index (κ2) is 5.09. The van der Waals surface area contributed by atoms with Crippen LogP contribution in [-0.4, -0.2) is 19.7 Å². The molecule has 0 spiro atoms. The molecule has 0 aliphatic heterocycles. The Morgan fingerprint density at radius 2 is 1.91 bits per heavy atom. The molecule has 1 aliphatic rings. The van der Waals surface area contributed by atoms with E-state index >= 15 is 0 Å². The van der Waals surface area contributed by atoms with Crippen LogP contribution in [0, 0.1) is 13.8 Å². The average Bonchev–Trinajstić information content (AvgIpc) is 3.07. The van der Waals surface area contributed by atoms with Gasteiger partial charge in [-0.3, -0.25) is 0 Å². The van der Waals surface area contributed by atoms with Gasteiger partial charge < -0.3 is 9.09 Å². The van der Waals surface area contributed by atoms with E-state index in [9.17, 15) is 0 Å². The highest BCUT2D eigenvalue weighted by Gasteiger charge is 2.35. The van der Waals surface area contributed by atoms with E-state index in [0.717, 1.165) is 24.3 Å². The first kappa shape index (κ1) is 13.2. The number of rotatable bonds is 3. The summed E-state index contributed by atoms with van der Waals surface area (Å²) in [5, 5.41) is 4.15. The molecule has 3 aromatic rings. The second-order valence-corrected chi connectivity index (χ2v) is 6.16. The van der Waals surface area contributed by atoms with Crippen LogP contribution >= 0.6 is 0 Å². The van der Waals surface area contributed by atoms with Gasteiger partial charge in [0, 0.05) is 29.9 Å². The zero-order valence-electron chi connectivity index (χ0n) is 12.7. The molecular weight excluding hydrogens is 276 g/mol. The maximum Gasteiger partial charge on any atom is 0.230 e. The SMILES string of the molecule is Cc1cc(C)cc(-c2noc(C3CC(n4ccnc4)C3)n2)c1. The lowest BCUT2D eigenvalue weighted by atomic mass is 9.80. The van der Waals surface area contributed by atoms with Crippen molar-refractivity contribution in [1.29, 1.82) is 0 Å². The molecule has 5 nitrogen and oxygen atoms in total. The predicted octanol–water partition coefficient (Wildman–Crippen LogP) is 3.67. The van der Waals surface area contributed by atoms with E-state index in [-0.39, 0.29) is 0 Å². The van der Waals surface area contributed by atoms with Crippen molar-refractivity contribution in [1.82, 2.24) is 19.7 Å². The molecule has 0 N–H and O–H groups in total. The fourth-order valence-corrected chi connectivity index (χ4v) is 3.14. The van der Waals surface area contributed by atoms with Gasteiger partial charge in [-0.05, 0) is 38.8 Å². The molecule has 1 aliphatic carbocycles. The Kier molecular flexibility index (Phi) is 3.06. The Morgan fingerprint density at radius 1 is 1.14 bits per heavy atom. The van der Waals surface area contributed by atoms with Crippen molar-refractivity contribution in [2.75, 3.05) is 0 Å². The number of aryl methyl sites for hydroxylation is 2. The monoisotopic (exact) mass is 294 g/mol. The van der Waals surface area contributed by atoms with Crippen LogP contribution in [0.3, 0.4) is 0 Å². The molecule has 2 heterocycles. The number of nitrogens with zero attached hydrogens (tertiary/aromatic N) is 4. The average molecular weight is 294 g/mol. The molecule has 0 unspecified atom stereocenters. The maximum absolute atomic E-state index is 5.48. The Balaban J connectivity index is 1.51. The van der Waals surface area contributed by atoms with Gasteiger partial charge in [-0.1, -0.05) is 22.3 Å². The van der Waals surface area contributed by atoms with E-state index < -0.39 is 0 Å². The zero-order valence-corrected chi connectivity index (χ0v) is 12.7. The van der Waals surface area contributed by atoms with Gasteiger partial charge in [0.1, 0.15) is 0 Å². The molecule has 0 atom stereocenters.